The molecular weight excluding hydrogens is 394 g/mol. The molecule has 0 aromatic heterocycles. The third kappa shape index (κ3) is 2.66. The van der Waals surface area contributed by atoms with Crippen molar-refractivity contribution in [3.63, 3.8) is 0 Å². The van der Waals surface area contributed by atoms with Crippen molar-refractivity contribution in [2.75, 3.05) is 6.67 Å². The monoisotopic (exact) mass is 398 g/mol. The zero-order valence-electron chi connectivity index (χ0n) is 10.4. The van der Waals surface area contributed by atoms with E-state index in [0.717, 1.165) is 0 Å². The summed E-state index contributed by atoms with van der Waals surface area (Å²) in [7, 11) is 0. The predicted molar refractivity (Wildman–Crippen MR) is 43.9 cm³/mol. The van der Waals surface area contributed by atoms with Crippen LogP contribution in [-0.2, 0) is 0 Å². The first kappa shape index (κ1) is 22.9. The van der Waals surface area contributed by atoms with Crippen LogP contribution in [0.15, 0.2) is 0 Å². The molecule has 0 fully saturated rings. The molecule has 0 atom stereocenters. The molecule has 0 aliphatic rings. The maximum Gasteiger partial charge on any atom is 0.400 e. The van der Waals surface area contributed by atoms with Gasteiger partial charge in [0.1, 0.15) is 0 Å². The molecule has 146 valence electrons. The Morgan fingerprint density at radius 2 is 0.708 bits per heavy atom. The first-order chi connectivity index (χ1) is 10.1. The fourth-order valence-corrected chi connectivity index (χ4v) is 1.10. The van der Waals surface area contributed by atoms with E-state index in [1.54, 1.807) is 0 Å². The summed E-state index contributed by atoms with van der Waals surface area (Å²) in [6.07, 6.45) is 0. The fourth-order valence-electron chi connectivity index (χ4n) is 1.10. The van der Waals surface area contributed by atoms with Crippen LogP contribution in [0.25, 0.3) is 0 Å². The number of aliphatic hydroxyl groups is 2. The molecule has 0 aromatic carbocycles. The second-order valence-corrected chi connectivity index (χ2v) is 4.30. The van der Waals surface area contributed by atoms with Crippen molar-refractivity contribution in [1.29, 1.82) is 0 Å². The molecule has 0 aromatic rings. The Kier molecular flexibility index (Phi) is 5.23. The van der Waals surface area contributed by atoms with Crippen LogP contribution >= 0.6 is 0 Å². The molecule has 0 unspecified atom stereocenters. The highest BCUT2D eigenvalue weighted by atomic mass is 19.4. The maximum atomic E-state index is 12.9. The van der Waals surface area contributed by atoms with Crippen LogP contribution in [0.4, 0.5) is 61.5 Å². The number of halogens is 14. The number of hydrogen-bond donors (Lipinski definition) is 2. The van der Waals surface area contributed by atoms with E-state index in [-0.39, 0.29) is 0 Å². The molecule has 0 aliphatic heterocycles. The summed E-state index contributed by atoms with van der Waals surface area (Å²) < 4.78 is 176. The van der Waals surface area contributed by atoms with Gasteiger partial charge in [-0.3, -0.25) is 0 Å². The molecule has 0 radical (unpaired) electrons. The lowest BCUT2D eigenvalue weighted by Crippen LogP contribution is -2.73. The highest BCUT2D eigenvalue weighted by Crippen LogP contribution is 2.61. The summed E-state index contributed by atoms with van der Waals surface area (Å²) in [4.78, 5) is 0. The van der Waals surface area contributed by atoms with E-state index >= 15 is 0 Å². The van der Waals surface area contributed by atoms with Gasteiger partial charge in [0.05, 0.1) is 0 Å². The van der Waals surface area contributed by atoms with Gasteiger partial charge in [-0.05, 0) is 0 Å². The highest BCUT2D eigenvalue weighted by Gasteiger charge is 2.92. The topological polar surface area (TPSA) is 40.5 Å². The zero-order chi connectivity index (χ0) is 20.2. The summed E-state index contributed by atoms with van der Waals surface area (Å²) in [5, 5.41) is 15.2. The minimum atomic E-state index is -8.20. The van der Waals surface area contributed by atoms with Crippen molar-refractivity contribution in [3.8, 4) is 0 Å². The lowest BCUT2D eigenvalue weighted by Gasteiger charge is -2.41. The van der Waals surface area contributed by atoms with Crippen molar-refractivity contribution in [2.24, 2.45) is 0 Å². The molecule has 16 heteroatoms. The summed E-state index contributed by atoms with van der Waals surface area (Å²) in [6, 6.07) is -6.64. The van der Waals surface area contributed by atoms with Crippen molar-refractivity contribution in [1.82, 2.24) is 0 Å². The number of rotatable bonds is 7. The van der Waals surface area contributed by atoms with Crippen molar-refractivity contribution < 1.29 is 71.7 Å². The van der Waals surface area contributed by atoms with Crippen LogP contribution in [0.3, 0.4) is 0 Å². The Hall–Kier alpha value is -1.06. The lowest BCUT2D eigenvalue weighted by molar-refractivity contribution is -0.473. The molecule has 0 saturated heterocycles. The Morgan fingerprint density at radius 3 is 0.958 bits per heavy atom. The van der Waals surface area contributed by atoms with Crippen LogP contribution in [0, 0.1) is 0 Å². The van der Waals surface area contributed by atoms with E-state index in [1.807, 2.05) is 0 Å². The smallest absolute Gasteiger partial charge is 0.335 e. The maximum absolute atomic E-state index is 12.9. The van der Waals surface area contributed by atoms with Gasteiger partial charge in [0.25, 0.3) is 0 Å². The fraction of sp³-hybridized carbons (Fsp3) is 1.00. The predicted octanol–water partition coefficient (Wildman–Crippen LogP) is 3.38. The number of hydrogen-bond acceptors (Lipinski definition) is 2. The van der Waals surface area contributed by atoms with Crippen LogP contribution in [0.2, 0.25) is 0 Å². The normalized spacial score (nSPS) is 16.5. The van der Waals surface area contributed by atoms with E-state index in [0.29, 0.717) is 0 Å². The van der Waals surface area contributed by atoms with Crippen LogP contribution in [-0.4, -0.2) is 58.5 Å². The molecule has 2 nitrogen and oxygen atoms in total. The standard InChI is InChI=1S/C8H4F14O2/c9-1-2(10,11)3(12,13)4(14,15)5(16,17)6(18,19)7(20,21)8(22,23)24/h23-24H,1H2. The second kappa shape index (κ2) is 5.47. The minimum Gasteiger partial charge on any atom is -0.335 e. The first-order valence-corrected chi connectivity index (χ1v) is 5.02. The van der Waals surface area contributed by atoms with Gasteiger partial charge in [0.15, 0.2) is 6.67 Å². The van der Waals surface area contributed by atoms with E-state index < -0.39 is 48.3 Å². The largest absolute Gasteiger partial charge is 0.400 e. The third-order valence-corrected chi connectivity index (χ3v) is 2.60. The summed E-state index contributed by atoms with van der Waals surface area (Å²) >= 11 is 0. The van der Waals surface area contributed by atoms with Gasteiger partial charge in [-0.15, -0.1) is 0 Å². The Morgan fingerprint density at radius 1 is 0.458 bits per heavy atom. The molecule has 2 N–H and O–H groups in total. The molecule has 24 heavy (non-hydrogen) atoms. The Bertz CT molecular complexity index is 464. The quantitative estimate of drug-likeness (QED) is 0.510. The average molecular weight is 398 g/mol. The van der Waals surface area contributed by atoms with Crippen LogP contribution in [0.5, 0.6) is 0 Å². The minimum absolute atomic E-state index is 3.79. The molecule has 0 rings (SSSR count). The second-order valence-electron chi connectivity index (χ2n) is 4.30. The SMILES string of the molecule is OC(O)(F)C(F)(F)C(F)(F)C(F)(F)C(F)(F)C(F)(F)C(F)(F)CF. The van der Waals surface area contributed by atoms with Gasteiger partial charge in [0, 0.05) is 0 Å². The molecule has 0 heterocycles. The van der Waals surface area contributed by atoms with Crippen molar-refractivity contribution in [2.45, 2.75) is 41.6 Å². The zero-order valence-corrected chi connectivity index (χ0v) is 10.4. The summed E-state index contributed by atoms with van der Waals surface area (Å²) in [5.74, 6) is -46.3. The summed E-state index contributed by atoms with van der Waals surface area (Å²) in [5.41, 5.74) is 0. The number of alkyl halides is 14. The Labute approximate surface area is 121 Å². The van der Waals surface area contributed by atoms with E-state index in [1.165, 1.54) is 0 Å². The van der Waals surface area contributed by atoms with Gasteiger partial charge in [0.2, 0.25) is 0 Å². The van der Waals surface area contributed by atoms with Crippen molar-refractivity contribution >= 4 is 0 Å². The molecule has 0 saturated carbocycles. The van der Waals surface area contributed by atoms with Gasteiger partial charge in [-0.2, -0.15) is 57.1 Å². The van der Waals surface area contributed by atoms with E-state index in [9.17, 15) is 61.5 Å². The highest BCUT2D eigenvalue weighted by molar-refractivity contribution is 5.12. The lowest BCUT2D eigenvalue weighted by atomic mass is 9.91. The van der Waals surface area contributed by atoms with E-state index in [4.69, 9.17) is 10.2 Å². The van der Waals surface area contributed by atoms with Gasteiger partial charge >= 0.3 is 41.6 Å². The molecule has 0 aliphatic carbocycles. The van der Waals surface area contributed by atoms with Gasteiger partial charge in [-0.1, -0.05) is 0 Å². The molecule has 0 amide bonds. The molecular formula is C8H4F14O2. The first-order valence-electron chi connectivity index (χ1n) is 5.02. The molecule has 0 bridgehead atoms. The van der Waals surface area contributed by atoms with Crippen LogP contribution in [0.1, 0.15) is 0 Å². The van der Waals surface area contributed by atoms with Crippen LogP contribution < -0.4 is 0 Å². The van der Waals surface area contributed by atoms with Crippen molar-refractivity contribution in [3.05, 3.63) is 0 Å². The molecule has 0 spiro atoms. The van der Waals surface area contributed by atoms with E-state index in [2.05, 4.69) is 0 Å². The summed E-state index contributed by atoms with van der Waals surface area (Å²) in [6.45, 7) is -3.79. The average Bonchev–Trinajstić information content (AvgIpc) is 2.36. The van der Waals surface area contributed by atoms with Gasteiger partial charge in [-0.25, -0.2) is 4.39 Å². The van der Waals surface area contributed by atoms with Gasteiger partial charge < -0.3 is 10.2 Å². The third-order valence-electron chi connectivity index (χ3n) is 2.60. The Balaban J connectivity index is 6.42.